The second-order valence-corrected chi connectivity index (χ2v) is 6.21. The molecule has 0 aliphatic carbocycles. The van der Waals surface area contributed by atoms with E-state index >= 15 is 0 Å². The minimum absolute atomic E-state index is 0. The predicted molar refractivity (Wildman–Crippen MR) is 100 cm³/mol. The first-order valence-electron chi connectivity index (χ1n) is 8.24. The van der Waals surface area contributed by atoms with Crippen molar-refractivity contribution in [3.05, 3.63) is 28.8 Å². The fraction of sp³-hybridized carbons (Fsp3) is 0.588. The third kappa shape index (κ3) is 7.71. The summed E-state index contributed by atoms with van der Waals surface area (Å²) in [6.07, 6.45) is 1.20. The maximum Gasteiger partial charge on any atom is 0.220 e. The smallest absolute Gasteiger partial charge is 0.220 e. The molecule has 0 radical (unpaired) electrons. The lowest BCUT2D eigenvalue weighted by Gasteiger charge is -2.27. The molecule has 0 unspecified atom stereocenters. The highest BCUT2D eigenvalue weighted by Gasteiger charge is 2.09. The lowest BCUT2D eigenvalue weighted by atomic mass is 10.2. The third-order valence-corrected chi connectivity index (χ3v) is 4.33. The number of benzene rings is 1. The molecule has 2 rings (SSSR count). The standard InChI is InChI=1S/C17H26ClN3O2.ClH/c1-14-13-15(4-5-16(14)18)23-12-2-3-17(22)20-8-11-21-9-6-19-7-10-21;/h4-5,13,19H,2-3,6-12H2,1H3,(H,20,22);1H. The highest BCUT2D eigenvalue weighted by atomic mass is 35.5. The Balaban J connectivity index is 0.00000288. The van der Waals surface area contributed by atoms with Crippen LogP contribution in [0.5, 0.6) is 5.75 Å². The molecule has 1 saturated heterocycles. The second kappa shape index (κ2) is 11.5. The van der Waals surface area contributed by atoms with Crippen LogP contribution in [-0.4, -0.2) is 56.7 Å². The number of rotatable bonds is 8. The Morgan fingerprint density at radius 3 is 2.83 bits per heavy atom. The highest BCUT2D eigenvalue weighted by Crippen LogP contribution is 2.21. The number of halogens is 2. The Kier molecular flexibility index (Phi) is 10.1. The van der Waals surface area contributed by atoms with Crippen LogP contribution in [0.2, 0.25) is 5.02 Å². The number of hydrogen-bond acceptors (Lipinski definition) is 4. The SMILES string of the molecule is Cc1cc(OCCCC(=O)NCCN2CCNCC2)ccc1Cl.Cl. The van der Waals surface area contributed by atoms with Crippen LogP contribution in [0.1, 0.15) is 18.4 Å². The Labute approximate surface area is 155 Å². The highest BCUT2D eigenvalue weighted by molar-refractivity contribution is 6.31. The molecule has 0 spiro atoms. The number of carbonyl (C=O) groups is 1. The van der Waals surface area contributed by atoms with Gasteiger partial charge >= 0.3 is 0 Å². The van der Waals surface area contributed by atoms with Crippen LogP contribution in [0.4, 0.5) is 0 Å². The Bertz CT molecular complexity index is 509. The van der Waals surface area contributed by atoms with Gasteiger partial charge in [0.1, 0.15) is 5.75 Å². The number of hydrogen-bond donors (Lipinski definition) is 2. The molecule has 1 fully saturated rings. The summed E-state index contributed by atoms with van der Waals surface area (Å²) >= 11 is 5.97. The Morgan fingerprint density at radius 1 is 1.38 bits per heavy atom. The van der Waals surface area contributed by atoms with Crippen LogP contribution in [0.3, 0.4) is 0 Å². The molecule has 2 N–H and O–H groups in total. The zero-order valence-electron chi connectivity index (χ0n) is 14.1. The van der Waals surface area contributed by atoms with E-state index in [0.717, 1.165) is 55.6 Å². The molecule has 0 saturated carbocycles. The van der Waals surface area contributed by atoms with Crippen LogP contribution < -0.4 is 15.4 Å². The van der Waals surface area contributed by atoms with Gasteiger partial charge in [0.05, 0.1) is 6.61 Å². The minimum Gasteiger partial charge on any atom is -0.494 e. The topological polar surface area (TPSA) is 53.6 Å². The van der Waals surface area contributed by atoms with Crippen LogP contribution in [0.25, 0.3) is 0 Å². The number of amides is 1. The lowest BCUT2D eigenvalue weighted by molar-refractivity contribution is -0.121. The number of piperazine rings is 1. The number of nitrogens with zero attached hydrogens (tertiary/aromatic N) is 1. The molecular weight excluding hydrogens is 349 g/mol. The van der Waals surface area contributed by atoms with Crippen molar-refractivity contribution in [3.8, 4) is 5.75 Å². The van der Waals surface area contributed by atoms with E-state index in [1.165, 1.54) is 0 Å². The number of carbonyl (C=O) groups excluding carboxylic acids is 1. The molecule has 1 aliphatic rings. The maximum atomic E-state index is 11.8. The van der Waals surface area contributed by atoms with Crippen molar-refractivity contribution in [2.75, 3.05) is 45.9 Å². The summed E-state index contributed by atoms with van der Waals surface area (Å²) in [5.41, 5.74) is 0.995. The van der Waals surface area contributed by atoms with Crippen LogP contribution in [0, 0.1) is 6.92 Å². The summed E-state index contributed by atoms with van der Waals surface area (Å²) in [5, 5.41) is 7.03. The fourth-order valence-electron chi connectivity index (χ4n) is 2.51. The monoisotopic (exact) mass is 375 g/mol. The molecule has 1 aliphatic heterocycles. The van der Waals surface area contributed by atoms with Gasteiger partial charge in [-0.3, -0.25) is 9.69 Å². The largest absolute Gasteiger partial charge is 0.494 e. The summed E-state index contributed by atoms with van der Waals surface area (Å²) < 4.78 is 5.64. The lowest BCUT2D eigenvalue weighted by Crippen LogP contribution is -2.46. The van der Waals surface area contributed by atoms with Gasteiger partial charge in [-0.05, 0) is 37.1 Å². The van der Waals surface area contributed by atoms with E-state index in [2.05, 4.69) is 15.5 Å². The summed E-state index contributed by atoms with van der Waals surface area (Å²) in [7, 11) is 0. The Hall–Kier alpha value is -1.01. The van der Waals surface area contributed by atoms with Crippen LogP contribution in [-0.2, 0) is 4.79 Å². The number of ether oxygens (including phenoxy) is 1. The van der Waals surface area contributed by atoms with E-state index in [1.807, 2.05) is 25.1 Å². The average Bonchev–Trinajstić information content (AvgIpc) is 2.56. The molecule has 0 atom stereocenters. The van der Waals surface area contributed by atoms with Crippen LogP contribution >= 0.6 is 24.0 Å². The molecule has 1 amide bonds. The van der Waals surface area contributed by atoms with E-state index in [4.69, 9.17) is 16.3 Å². The normalized spacial score (nSPS) is 14.8. The van der Waals surface area contributed by atoms with Gasteiger partial charge in [-0.2, -0.15) is 0 Å². The van der Waals surface area contributed by atoms with Crippen molar-refractivity contribution in [2.24, 2.45) is 0 Å². The predicted octanol–water partition coefficient (Wildman–Crippen LogP) is 2.25. The summed E-state index contributed by atoms with van der Waals surface area (Å²) in [6, 6.07) is 5.59. The van der Waals surface area contributed by atoms with E-state index in [0.29, 0.717) is 19.4 Å². The molecular formula is C17H27Cl2N3O2. The van der Waals surface area contributed by atoms with E-state index in [1.54, 1.807) is 0 Å². The van der Waals surface area contributed by atoms with Crippen molar-refractivity contribution in [3.63, 3.8) is 0 Å². The first-order valence-corrected chi connectivity index (χ1v) is 8.61. The molecule has 1 aromatic rings. The van der Waals surface area contributed by atoms with Crippen LogP contribution in [0.15, 0.2) is 18.2 Å². The molecule has 136 valence electrons. The van der Waals surface area contributed by atoms with Gasteiger partial charge in [0.15, 0.2) is 0 Å². The molecule has 24 heavy (non-hydrogen) atoms. The molecule has 0 aromatic heterocycles. The van der Waals surface area contributed by atoms with E-state index in [9.17, 15) is 4.79 Å². The van der Waals surface area contributed by atoms with Gasteiger partial charge < -0.3 is 15.4 Å². The van der Waals surface area contributed by atoms with Gasteiger partial charge in [0.2, 0.25) is 5.91 Å². The second-order valence-electron chi connectivity index (χ2n) is 5.80. The molecule has 1 aromatic carbocycles. The maximum absolute atomic E-state index is 11.8. The molecule has 5 nitrogen and oxygen atoms in total. The van der Waals surface area contributed by atoms with Gasteiger partial charge in [0.25, 0.3) is 0 Å². The minimum atomic E-state index is 0. The van der Waals surface area contributed by atoms with Gasteiger partial charge in [-0.1, -0.05) is 11.6 Å². The van der Waals surface area contributed by atoms with Crippen molar-refractivity contribution in [1.82, 2.24) is 15.5 Å². The van der Waals surface area contributed by atoms with Gasteiger partial charge in [0, 0.05) is 50.7 Å². The Morgan fingerprint density at radius 2 is 2.12 bits per heavy atom. The van der Waals surface area contributed by atoms with E-state index in [-0.39, 0.29) is 18.3 Å². The molecule has 7 heteroatoms. The summed E-state index contributed by atoms with van der Waals surface area (Å²) in [4.78, 5) is 14.1. The molecule has 0 bridgehead atoms. The van der Waals surface area contributed by atoms with Crippen molar-refractivity contribution in [2.45, 2.75) is 19.8 Å². The van der Waals surface area contributed by atoms with E-state index < -0.39 is 0 Å². The van der Waals surface area contributed by atoms with Crippen molar-refractivity contribution >= 4 is 29.9 Å². The van der Waals surface area contributed by atoms with Crippen molar-refractivity contribution in [1.29, 1.82) is 0 Å². The van der Waals surface area contributed by atoms with Gasteiger partial charge in [-0.15, -0.1) is 12.4 Å². The quantitative estimate of drug-likeness (QED) is 0.684. The molecule has 1 heterocycles. The average molecular weight is 376 g/mol. The first-order chi connectivity index (χ1) is 11.1. The summed E-state index contributed by atoms with van der Waals surface area (Å²) in [6.45, 7) is 8.32. The van der Waals surface area contributed by atoms with Crippen molar-refractivity contribution < 1.29 is 9.53 Å². The summed E-state index contributed by atoms with van der Waals surface area (Å²) in [5.74, 6) is 0.891. The number of nitrogens with one attached hydrogen (secondary N) is 2. The first kappa shape index (κ1) is 21.0. The fourth-order valence-corrected chi connectivity index (χ4v) is 2.62. The zero-order chi connectivity index (χ0) is 16.5. The third-order valence-electron chi connectivity index (χ3n) is 3.91. The van der Waals surface area contributed by atoms with Gasteiger partial charge in [-0.25, -0.2) is 0 Å². The zero-order valence-corrected chi connectivity index (χ0v) is 15.7. The number of aryl methyl sites for hydroxylation is 1.